The summed E-state index contributed by atoms with van der Waals surface area (Å²) in [6.07, 6.45) is 11.6. The van der Waals surface area contributed by atoms with Crippen molar-refractivity contribution in [2.45, 2.75) is 174 Å². The molecule has 0 bridgehead atoms. The van der Waals surface area contributed by atoms with Gasteiger partial charge in [0.1, 0.15) is 0 Å². The Kier molecular flexibility index (Phi) is 7.44. The Balaban J connectivity index is 2.05. The molecule has 33 heavy (non-hydrogen) atoms. The molecule has 0 aliphatic carbocycles. The standard InChI is InChI=1S/C27H54B3N3/c1-22(2)16-13-17-23(3,4)31(22)28-30(33-26(9,10)20-15-21-27(33,11)12)29-32-24(5,6)18-14-19-25(32,7)8/h13-21H2,1-12H3. The Morgan fingerprint density at radius 1 is 0.424 bits per heavy atom. The minimum absolute atomic E-state index is 0.174. The van der Waals surface area contributed by atoms with Crippen LogP contribution in [0.4, 0.5) is 0 Å². The molecule has 0 N–H and O–H groups in total. The Morgan fingerprint density at radius 2 is 0.667 bits per heavy atom. The first-order valence-corrected chi connectivity index (χ1v) is 13.9. The number of piperidine rings is 3. The van der Waals surface area contributed by atoms with E-state index in [0.29, 0.717) is 0 Å². The van der Waals surface area contributed by atoms with Crippen LogP contribution in [-0.2, 0) is 0 Å². The van der Waals surface area contributed by atoms with Crippen LogP contribution in [0.1, 0.15) is 141 Å². The van der Waals surface area contributed by atoms with E-state index >= 15 is 0 Å². The number of nitrogens with zero attached hydrogens (tertiary/aromatic N) is 3. The van der Waals surface area contributed by atoms with Gasteiger partial charge in [-0.15, -0.1) is 0 Å². The third-order valence-corrected chi connectivity index (χ3v) is 9.55. The van der Waals surface area contributed by atoms with E-state index in [1.165, 1.54) is 57.8 Å². The van der Waals surface area contributed by atoms with Gasteiger partial charge >= 0.3 is 0 Å². The van der Waals surface area contributed by atoms with Crippen LogP contribution >= 0.6 is 0 Å². The van der Waals surface area contributed by atoms with E-state index in [4.69, 9.17) is 0 Å². The second-order valence-electron chi connectivity index (χ2n) is 15.3. The predicted octanol–water partition coefficient (Wildman–Crippen LogP) is 6.34. The van der Waals surface area contributed by atoms with Crippen molar-refractivity contribution in [3.63, 3.8) is 0 Å². The highest BCUT2D eigenvalue weighted by Gasteiger charge is 2.53. The van der Waals surface area contributed by atoms with Gasteiger partial charge < -0.3 is 14.4 Å². The van der Waals surface area contributed by atoms with Gasteiger partial charge in [-0.05, 0) is 141 Å². The highest BCUT2D eigenvalue weighted by Crippen LogP contribution is 2.43. The fourth-order valence-corrected chi connectivity index (χ4v) is 8.13. The maximum Gasteiger partial charge on any atom is 0.183 e. The van der Waals surface area contributed by atoms with Gasteiger partial charge in [0.05, 0.1) is 0 Å². The molecule has 186 valence electrons. The average molecular weight is 453 g/mol. The number of rotatable bonds is 5. The largest absolute Gasteiger partial charge is 0.344 e. The molecule has 3 saturated heterocycles. The van der Waals surface area contributed by atoms with Crippen LogP contribution in [0.3, 0.4) is 0 Å². The van der Waals surface area contributed by atoms with Crippen LogP contribution in [0.15, 0.2) is 0 Å². The molecule has 0 aromatic carbocycles. The van der Waals surface area contributed by atoms with E-state index in [1.54, 1.807) is 0 Å². The van der Waals surface area contributed by atoms with Gasteiger partial charge in [-0.2, -0.15) is 0 Å². The van der Waals surface area contributed by atoms with E-state index in [0.717, 1.165) is 0 Å². The topological polar surface area (TPSA) is 9.72 Å². The van der Waals surface area contributed by atoms with E-state index in [1.807, 2.05) is 0 Å². The van der Waals surface area contributed by atoms with Crippen molar-refractivity contribution < 1.29 is 0 Å². The molecule has 3 rings (SSSR count). The van der Waals surface area contributed by atoms with Gasteiger partial charge in [0.15, 0.2) is 21.2 Å². The van der Waals surface area contributed by atoms with Gasteiger partial charge in [-0.25, -0.2) is 0 Å². The zero-order chi connectivity index (χ0) is 25.1. The molecule has 3 fully saturated rings. The van der Waals surface area contributed by atoms with Crippen molar-refractivity contribution in [3.05, 3.63) is 0 Å². The van der Waals surface area contributed by atoms with E-state index in [2.05, 4.69) is 112 Å². The molecule has 0 amide bonds. The van der Waals surface area contributed by atoms with Crippen molar-refractivity contribution in [3.8, 4) is 0 Å². The van der Waals surface area contributed by atoms with Crippen molar-refractivity contribution in [2.75, 3.05) is 0 Å². The van der Waals surface area contributed by atoms with Gasteiger partial charge in [0.2, 0.25) is 0 Å². The monoisotopic (exact) mass is 453 g/mol. The molecule has 3 aliphatic heterocycles. The lowest BCUT2D eigenvalue weighted by molar-refractivity contribution is 0.0401. The summed E-state index contributed by atoms with van der Waals surface area (Å²) in [5.41, 5.74) is 1.09. The summed E-state index contributed by atoms with van der Waals surface area (Å²) in [7, 11) is 5.32. The minimum Gasteiger partial charge on any atom is -0.344 e. The third kappa shape index (κ3) is 5.58. The third-order valence-electron chi connectivity index (χ3n) is 9.55. The van der Waals surface area contributed by atoms with Crippen LogP contribution in [0, 0.1) is 0 Å². The summed E-state index contributed by atoms with van der Waals surface area (Å²) >= 11 is 0. The van der Waals surface area contributed by atoms with Gasteiger partial charge in [-0.1, -0.05) is 0 Å². The van der Waals surface area contributed by atoms with Gasteiger partial charge in [0, 0.05) is 33.2 Å². The first-order chi connectivity index (χ1) is 14.8. The predicted molar refractivity (Wildman–Crippen MR) is 149 cm³/mol. The van der Waals surface area contributed by atoms with Crippen LogP contribution in [-0.4, -0.2) is 68.9 Å². The zero-order valence-electron chi connectivity index (χ0n) is 24.4. The van der Waals surface area contributed by atoms with Crippen molar-refractivity contribution in [1.82, 2.24) is 14.4 Å². The minimum atomic E-state index is 0.174. The summed E-state index contributed by atoms with van der Waals surface area (Å²) in [5, 5.41) is 0. The summed E-state index contributed by atoms with van der Waals surface area (Å²) in [6, 6.07) is 0. The van der Waals surface area contributed by atoms with E-state index in [-0.39, 0.29) is 39.9 Å². The molecule has 0 spiro atoms. The Hall–Kier alpha value is 0.0748. The SMILES string of the molecule is CC1(C)CCCC(C)(C)N1[B]B([B]N1C(C)(C)CCCC1(C)C)N1C(C)(C)CCCC1(C)C. The molecule has 3 heterocycles. The molecule has 0 saturated carbocycles. The molecular weight excluding hydrogens is 399 g/mol. The fraction of sp³-hybridized carbons (Fsp3) is 1.00. The Morgan fingerprint density at radius 3 is 0.939 bits per heavy atom. The number of hydrogen-bond donors (Lipinski definition) is 0. The fourth-order valence-electron chi connectivity index (χ4n) is 8.13. The molecule has 3 nitrogen and oxygen atoms in total. The van der Waals surface area contributed by atoms with Crippen LogP contribution in [0.25, 0.3) is 0 Å². The molecule has 0 atom stereocenters. The van der Waals surface area contributed by atoms with E-state index in [9.17, 15) is 0 Å². The summed E-state index contributed by atoms with van der Waals surface area (Å²) < 4.78 is 0. The second-order valence-corrected chi connectivity index (χ2v) is 15.3. The molecule has 3 aliphatic rings. The highest BCUT2D eigenvalue weighted by molar-refractivity contribution is 7.37. The number of hydrogen-bond acceptors (Lipinski definition) is 3. The first kappa shape index (κ1) is 27.7. The van der Waals surface area contributed by atoms with Crippen molar-refractivity contribution in [2.24, 2.45) is 0 Å². The maximum atomic E-state index is 2.88. The summed E-state index contributed by atoms with van der Waals surface area (Å²) in [5.74, 6) is 0. The normalized spacial score (nSPS) is 31.0. The molecule has 0 unspecified atom stereocenters. The summed E-state index contributed by atoms with van der Waals surface area (Å²) in [4.78, 5) is 8.40. The first-order valence-electron chi connectivity index (χ1n) is 13.9. The maximum absolute atomic E-state index is 2.88. The van der Waals surface area contributed by atoms with Crippen LogP contribution in [0.2, 0.25) is 0 Å². The quantitative estimate of drug-likeness (QED) is 0.450. The molecule has 2 radical (unpaired) electrons. The lowest BCUT2D eigenvalue weighted by Crippen LogP contribution is -2.76. The molecule has 6 heteroatoms. The van der Waals surface area contributed by atoms with Crippen molar-refractivity contribution >= 4 is 21.2 Å². The zero-order valence-corrected chi connectivity index (χ0v) is 24.4. The van der Waals surface area contributed by atoms with Crippen LogP contribution in [0.5, 0.6) is 0 Å². The van der Waals surface area contributed by atoms with Gasteiger partial charge in [-0.3, -0.25) is 0 Å². The van der Waals surface area contributed by atoms with Crippen molar-refractivity contribution in [1.29, 1.82) is 0 Å². The lowest BCUT2D eigenvalue weighted by Gasteiger charge is -2.62. The molecule has 0 aromatic rings. The average Bonchev–Trinajstić information content (AvgIpc) is 2.58. The second kappa shape index (κ2) is 8.88. The Labute approximate surface area is 209 Å². The molecular formula is C27H54B3N3. The van der Waals surface area contributed by atoms with Crippen LogP contribution < -0.4 is 0 Å². The lowest BCUT2D eigenvalue weighted by atomic mass is 9.13. The van der Waals surface area contributed by atoms with E-state index < -0.39 is 0 Å². The smallest absolute Gasteiger partial charge is 0.183 e. The summed E-state index contributed by atoms with van der Waals surface area (Å²) in [6.45, 7) is 29.9. The Bertz CT molecular complexity index is 611. The molecule has 0 aromatic heterocycles. The van der Waals surface area contributed by atoms with Gasteiger partial charge in [0.25, 0.3) is 0 Å². The highest BCUT2D eigenvalue weighted by atomic mass is 15.3.